The predicted molar refractivity (Wildman–Crippen MR) is 133 cm³/mol. The average molecular weight is 501 g/mol. The summed E-state index contributed by atoms with van der Waals surface area (Å²) in [5.74, 6) is -1.59. The van der Waals surface area contributed by atoms with Gasteiger partial charge in [0.2, 0.25) is 10.0 Å². The first-order valence-electron chi connectivity index (χ1n) is 10.3. The normalized spacial score (nSPS) is 12.0. The lowest BCUT2D eigenvalue weighted by Gasteiger charge is -2.27. The molecule has 0 aliphatic carbocycles. The van der Waals surface area contributed by atoms with Crippen LogP contribution in [-0.2, 0) is 15.4 Å². The summed E-state index contributed by atoms with van der Waals surface area (Å²) in [5.41, 5.74) is 1.29. The van der Waals surface area contributed by atoms with Crippen LogP contribution in [0.25, 0.3) is 10.1 Å². The standard InChI is InChI=1S/C25H22F2N2O3S2/c1-25(2,20-9-7-17(26)14-21(20)27)16-5-4-6-18(13-16)28-24(30)23-12-15-11-19(29-34(3,31)32)8-10-22(15)33-23/h4-14,29H,1-3H3,(H,28,30). The first-order valence-corrected chi connectivity index (χ1v) is 13.0. The fourth-order valence-electron chi connectivity index (χ4n) is 3.76. The minimum absolute atomic E-state index is 0.318. The van der Waals surface area contributed by atoms with Crippen molar-refractivity contribution in [2.24, 2.45) is 0 Å². The van der Waals surface area contributed by atoms with Gasteiger partial charge in [-0.3, -0.25) is 9.52 Å². The van der Waals surface area contributed by atoms with Gasteiger partial charge in [0.1, 0.15) is 11.6 Å². The topological polar surface area (TPSA) is 75.3 Å². The lowest BCUT2D eigenvalue weighted by atomic mass is 9.77. The number of carbonyl (C=O) groups excluding carboxylic acids is 1. The molecule has 34 heavy (non-hydrogen) atoms. The third-order valence-electron chi connectivity index (χ3n) is 5.49. The molecule has 176 valence electrons. The molecule has 4 aromatic rings. The number of hydrogen-bond donors (Lipinski definition) is 2. The summed E-state index contributed by atoms with van der Waals surface area (Å²) >= 11 is 1.29. The van der Waals surface area contributed by atoms with Gasteiger partial charge >= 0.3 is 0 Å². The molecule has 0 aliphatic rings. The molecular formula is C25H22F2N2O3S2. The summed E-state index contributed by atoms with van der Waals surface area (Å²) in [7, 11) is -3.41. The molecule has 3 aromatic carbocycles. The largest absolute Gasteiger partial charge is 0.321 e. The molecule has 4 rings (SSSR count). The molecule has 0 fully saturated rings. The summed E-state index contributed by atoms with van der Waals surface area (Å²) in [5, 5.41) is 3.61. The zero-order chi connectivity index (χ0) is 24.7. The summed E-state index contributed by atoms with van der Waals surface area (Å²) in [6.07, 6.45) is 1.07. The molecule has 0 atom stereocenters. The Labute approximate surface area is 200 Å². The van der Waals surface area contributed by atoms with Crippen molar-refractivity contribution in [2.45, 2.75) is 19.3 Å². The van der Waals surface area contributed by atoms with Gasteiger partial charge in [-0.25, -0.2) is 17.2 Å². The third kappa shape index (κ3) is 5.10. The molecule has 9 heteroatoms. The van der Waals surface area contributed by atoms with Crippen LogP contribution in [0.2, 0.25) is 0 Å². The van der Waals surface area contributed by atoms with Gasteiger partial charge in [-0.2, -0.15) is 0 Å². The van der Waals surface area contributed by atoms with Crippen LogP contribution in [0, 0.1) is 11.6 Å². The summed E-state index contributed by atoms with van der Waals surface area (Å²) in [4.78, 5) is 13.4. The van der Waals surface area contributed by atoms with E-state index in [0.717, 1.165) is 28.0 Å². The lowest BCUT2D eigenvalue weighted by Crippen LogP contribution is -2.21. The summed E-state index contributed by atoms with van der Waals surface area (Å²) in [6, 6.07) is 17.4. The van der Waals surface area contributed by atoms with Crippen molar-refractivity contribution in [2.75, 3.05) is 16.3 Å². The Balaban J connectivity index is 1.58. The molecule has 0 spiro atoms. The molecular weight excluding hydrogens is 478 g/mol. The van der Waals surface area contributed by atoms with Crippen molar-refractivity contribution < 1.29 is 22.0 Å². The first kappa shape index (κ1) is 23.8. The highest BCUT2D eigenvalue weighted by Crippen LogP contribution is 2.35. The Kier molecular flexibility index (Phi) is 6.18. The Morgan fingerprint density at radius 3 is 2.41 bits per heavy atom. The van der Waals surface area contributed by atoms with Crippen molar-refractivity contribution >= 4 is 48.7 Å². The Morgan fingerprint density at radius 2 is 1.71 bits per heavy atom. The van der Waals surface area contributed by atoms with E-state index >= 15 is 0 Å². The molecule has 0 aliphatic heterocycles. The second-order valence-corrected chi connectivity index (χ2v) is 11.4. The molecule has 1 aromatic heterocycles. The number of benzene rings is 3. The number of halogens is 2. The maximum Gasteiger partial charge on any atom is 0.265 e. The maximum atomic E-state index is 14.4. The molecule has 0 unspecified atom stereocenters. The monoisotopic (exact) mass is 500 g/mol. The first-order chi connectivity index (χ1) is 15.9. The quantitative estimate of drug-likeness (QED) is 0.334. The number of carbonyl (C=O) groups is 1. The van der Waals surface area contributed by atoms with Crippen molar-refractivity contribution in [3.8, 4) is 0 Å². The fraction of sp³-hybridized carbons (Fsp3) is 0.160. The van der Waals surface area contributed by atoms with Crippen molar-refractivity contribution in [3.63, 3.8) is 0 Å². The maximum absolute atomic E-state index is 14.4. The average Bonchev–Trinajstić information content (AvgIpc) is 3.16. The number of thiophene rings is 1. The van der Waals surface area contributed by atoms with Crippen LogP contribution >= 0.6 is 11.3 Å². The smallest absolute Gasteiger partial charge is 0.265 e. The number of nitrogens with one attached hydrogen (secondary N) is 2. The fourth-order valence-corrected chi connectivity index (χ4v) is 5.26. The molecule has 0 saturated heterocycles. The van der Waals surface area contributed by atoms with E-state index in [9.17, 15) is 22.0 Å². The summed E-state index contributed by atoms with van der Waals surface area (Å²) in [6.45, 7) is 3.66. The molecule has 0 bridgehead atoms. The molecule has 2 N–H and O–H groups in total. The van der Waals surface area contributed by atoms with Gasteiger partial charge < -0.3 is 5.32 Å². The highest BCUT2D eigenvalue weighted by Gasteiger charge is 2.27. The van der Waals surface area contributed by atoms with E-state index < -0.39 is 27.1 Å². The van der Waals surface area contributed by atoms with E-state index in [1.807, 2.05) is 19.9 Å². The van der Waals surface area contributed by atoms with Crippen molar-refractivity contribution in [3.05, 3.63) is 94.4 Å². The molecule has 5 nitrogen and oxygen atoms in total. The van der Waals surface area contributed by atoms with E-state index in [-0.39, 0.29) is 5.91 Å². The van der Waals surface area contributed by atoms with Gasteiger partial charge in [0.05, 0.1) is 11.1 Å². The second-order valence-electron chi connectivity index (χ2n) is 8.52. The van der Waals surface area contributed by atoms with Crippen LogP contribution in [0.3, 0.4) is 0 Å². The minimum atomic E-state index is -3.41. The SMILES string of the molecule is CC(C)(c1cccc(NC(=O)c2cc3cc(NS(C)(=O)=O)ccc3s2)c1)c1ccc(F)cc1F. The number of rotatable bonds is 6. The number of anilines is 2. The Hall–Kier alpha value is -3.30. The Bertz CT molecular complexity index is 1510. The number of amides is 1. The van der Waals surface area contributed by atoms with Gasteiger partial charge in [0.15, 0.2) is 0 Å². The second kappa shape index (κ2) is 8.81. The molecule has 0 radical (unpaired) electrons. The molecule has 1 amide bonds. The van der Waals surface area contributed by atoms with Crippen LogP contribution in [0.15, 0.2) is 66.7 Å². The Morgan fingerprint density at radius 1 is 0.941 bits per heavy atom. The zero-order valence-electron chi connectivity index (χ0n) is 18.6. The van der Waals surface area contributed by atoms with Crippen molar-refractivity contribution in [1.29, 1.82) is 0 Å². The van der Waals surface area contributed by atoms with Crippen molar-refractivity contribution in [1.82, 2.24) is 0 Å². The van der Waals surface area contributed by atoms with Gasteiger partial charge in [-0.05, 0) is 59.0 Å². The molecule has 1 heterocycles. The zero-order valence-corrected chi connectivity index (χ0v) is 20.3. The summed E-state index contributed by atoms with van der Waals surface area (Å²) < 4.78 is 54.0. The van der Waals surface area contributed by atoms with Crippen LogP contribution < -0.4 is 10.0 Å². The third-order valence-corrected chi connectivity index (χ3v) is 7.21. The van der Waals surface area contributed by atoms with Gasteiger partial charge in [-0.1, -0.05) is 32.0 Å². The highest BCUT2D eigenvalue weighted by molar-refractivity contribution is 7.92. The van der Waals surface area contributed by atoms with E-state index in [2.05, 4.69) is 10.0 Å². The van der Waals surface area contributed by atoms with Crippen LogP contribution in [0.4, 0.5) is 20.2 Å². The lowest BCUT2D eigenvalue weighted by molar-refractivity contribution is 0.103. The molecule has 0 saturated carbocycles. The van der Waals surface area contributed by atoms with Gasteiger partial charge in [0.25, 0.3) is 5.91 Å². The number of hydrogen-bond acceptors (Lipinski definition) is 4. The van der Waals surface area contributed by atoms with E-state index in [1.165, 1.54) is 23.5 Å². The predicted octanol–water partition coefficient (Wildman–Crippen LogP) is 6.13. The minimum Gasteiger partial charge on any atom is -0.321 e. The van der Waals surface area contributed by atoms with Crippen LogP contribution in [0.5, 0.6) is 0 Å². The van der Waals surface area contributed by atoms with Crippen LogP contribution in [-0.4, -0.2) is 20.6 Å². The van der Waals surface area contributed by atoms with Gasteiger partial charge in [0, 0.05) is 27.6 Å². The number of fused-ring (bicyclic) bond motifs is 1. The highest BCUT2D eigenvalue weighted by atomic mass is 32.2. The van der Waals surface area contributed by atoms with Crippen LogP contribution in [0.1, 0.15) is 34.6 Å². The van der Waals surface area contributed by atoms with Gasteiger partial charge in [-0.15, -0.1) is 11.3 Å². The van der Waals surface area contributed by atoms with E-state index in [0.29, 0.717) is 21.8 Å². The van der Waals surface area contributed by atoms with E-state index in [4.69, 9.17) is 0 Å². The number of sulfonamides is 1. The van der Waals surface area contributed by atoms with E-state index in [1.54, 1.807) is 42.5 Å².